The van der Waals surface area contributed by atoms with Gasteiger partial charge in [0, 0.05) is 6.54 Å². The number of nitriles is 1. The van der Waals surface area contributed by atoms with Gasteiger partial charge in [0.2, 0.25) is 5.91 Å². The van der Waals surface area contributed by atoms with Gasteiger partial charge in [-0.2, -0.15) is 5.26 Å². The first kappa shape index (κ1) is 11.4. The zero-order valence-corrected chi connectivity index (χ0v) is 9.69. The standard InChI is InChI=1S/C12H18N2O2/c1-9-6-10(8-16-9)12(15)14-5-3-2-4-11(14)7-13/h9-11H,2-6,8H2,1H3. The summed E-state index contributed by atoms with van der Waals surface area (Å²) in [5.41, 5.74) is 0. The normalized spacial score (nSPS) is 34.8. The third kappa shape index (κ3) is 2.19. The molecule has 2 aliphatic rings. The van der Waals surface area contributed by atoms with Crippen molar-refractivity contribution < 1.29 is 9.53 Å². The van der Waals surface area contributed by atoms with Gasteiger partial charge in [-0.25, -0.2) is 0 Å². The minimum absolute atomic E-state index is 0.0241. The van der Waals surface area contributed by atoms with E-state index in [1.165, 1.54) is 0 Å². The number of carbonyl (C=O) groups is 1. The quantitative estimate of drug-likeness (QED) is 0.672. The summed E-state index contributed by atoms with van der Waals surface area (Å²) in [6.07, 6.45) is 3.88. The van der Waals surface area contributed by atoms with Crippen LogP contribution in [0.2, 0.25) is 0 Å². The maximum atomic E-state index is 12.2. The first-order chi connectivity index (χ1) is 7.72. The molecule has 0 aromatic heterocycles. The van der Waals surface area contributed by atoms with Gasteiger partial charge in [0.25, 0.3) is 0 Å². The van der Waals surface area contributed by atoms with Crippen molar-refractivity contribution in [3.63, 3.8) is 0 Å². The van der Waals surface area contributed by atoms with Crippen LogP contribution < -0.4 is 0 Å². The molecule has 0 saturated carbocycles. The average Bonchev–Trinajstić information content (AvgIpc) is 2.75. The molecule has 3 atom stereocenters. The topological polar surface area (TPSA) is 53.3 Å². The van der Waals surface area contributed by atoms with Gasteiger partial charge < -0.3 is 9.64 Å². The van der Waals surface area contributed by atoms with E-state index in [2.05, 4.69) is 6.07 Å². The predicted molar refractivity (Wildman–Crippen MR) is 58.5 cm³/mol. The van der Waals surface area contributed by atoms with Gasteiger partial charge in [-0.15, -0.1) is 0 Å². The molecule has 4 nitrogen and oxygen atoms in total. The lowest BCUT2D eigenvalue weighted by atomic mass is 9.98. The number of nitrogens with zero attached hydrogens (tertiary/aromatic N) is 2. The molecule has 2 aliphatic heterocycles. The van der Waals surface area contributed by atoms with E-state index in [-0.39, 0.29) is 24.0 Å². The van der Waals surface area contributed by atoms with Crippen molar-refractivity contribution in [3.8, 4) is 6.07 Å². The molecule has 4 heteroatoms. The third-order valence-electron chi connectivity index (χ3n) is 3.48. The first-order valence-corrected chi connectivity index (χ1v) is 6.04. The molecule has 0 aromatic rings. The second-order valence-corrected chi connectivity index (χ2v) is 4.75. The van der Waals surface area contributed by atoms with Gasteiger partial charge in [0.1, 0.15) is 6.04 Å². The summed E-state index contributed by atoms with van der Waals surface area (Å²) in [6.45, 7) is 3.25. The Bertz CT molecular complexity index is 311. The lowest BCUT2D eigenvalue weighted by molar-refractivity contribution is -0.137. The number of amides is 1. The number of piperidine rings is 1. The van der Waals surface area contributed by atoms with Crippen LogP contribution in [0.25, 0.3) is 0 Å². The minimum Gasteiger partial charge on any atom is -0.378 e. The molecule has 88 valence electrons. The molecule has 0 spiro atoms. The van der Waals surface area contributed by atoms with Crippen molar-refractivity contribution in [1.29, 1.82) is 5.26 Å². The summed E-state index contributed by atoms with van der Waals surface area (Å²) in [7, 11) is 0. The van der Waals surface area contributed by atoms with Crippen LogP contribution in [-0.4, -0.2) is 36.1 Å². The monoisotopic (exact) mass is 222 g/mol. The Hall–Kier alpha value is -1.08. The Balaban J connectivity index is 2.00. The van der Waals surface area contributed by atoms with Crippen molar-refractivity contribution in [2.45, 2.75) is 44.8 Å². The highest BCUT2D eigenvalue weighted by atomic mass is 16.5. The summed E-state index contributed by atoms with van der Waals surface area (Å²) >= 11 is 0. The van der Waals surface area contributed by atoms with Crippen molar-refractivity contribution in [2.75, 3.05) is 13.2 Å². The van der Waals surface area contributed by atoms with Crippen molar-refractivity contribution in [2.24, 2.45) is 5.92 Å². The number of hydrogen-bond acceptors (Lipinski definition) is 3. The number of likely N-dealkylation sites (tertiary alicyclic amines) is 1. The van der Waals surface area contributed by atoms with E-state index in [1.807, 2.05) is 6.92 Å². The predicted octanol–water partition coefficient (Wildman–Crippen LogP) is 1.32. The van der Waals surface area contributed by atoms with Crippen molar-refractivity contribution in [3.05, 3.63) is 0 Å². The molecular formula is C12H18N2O2. The van der Waals surface area contributed by atoms with E-state index >= 15 is 0 Å². The van der Waals surface area contributed by atoms with Crippen molar-refractivity contribution in [1.82, 2.24) is 4.90 Å². The van der Waals surface area contributed by atoms with Crippen LogP contribution >= 0.6 is 0 Å². The van der Waals surface area contributed by atoms with Gasteiger partial charge >= 0.3 is 0 Å². The average molecular weight is 222 g/mol. The summed E-state index contributed by atoms with van der Waals surface area (Å²) in [6, 6.07) is 2.02. The van der Waals surface area contributed by atoms with Gasteiger partial charge in [0.15, 0.2) is 0 Å². The largest absolute Gasteiger partial charge is 0.378 e. The Labute approximate surface area is 96.2 Å². The molecule has 0 bridgehead atoms. The molecule has 2 heterocycles. The highest BCUT2D eigenvalue weighted by molar-refractivity contribution is 5.80. The fraction of sp³-hybridized carbons (Fsp3) is 0.833. The second-order valence-electron chi connectivity index (χ2n) is 4.75. The SMILES string of the molecule is CC1CC(C(=O)N2CCCCC2C#N)CO1. The van der Waals surface area contributed by atoms with Crippen LogP contribution in [0.4, 0.5) is 0 Å². The molecule has 0 N–H and O–H groups in total. The van der Waals surface area contributed by atoms with Crippen LogP contribution in [0.1, 0.15) is 32.6 Å². The Morgan fingerprint density at radius 2 is 2.31 bits per heavy atom. The molecule has 2 rings (SSSR count). The summed E-state index contributed by atoms with van der Waals surface area (Å²) in [5, 5.41) is 9.03. The van der Waals surface area contributed by atoms with E-state index in [9.17, 15) is 4.79 Å². The molecule has 0 aliphatic carbocycles. The Kier molecular flexibility index (Phi) is 3.45. The van der Waals surface area contributed by atoms with Gasteiger partial charge in [-0.1, -0.05) is 0 Å². The maximum absolute atomic E-state index is 12.2. The molecular weight excluding hydrogens is 204 g/mol. The highest BCUT2D eigenvalue weighted by Gasteiger charge is 2.35. The molecule has 1 amide bonds. The highest BCUT2D eigenvalue weighted by Crippen LogP contribution is 2.25. The van der Waals surface area contributed by atoms with Crippen LogP contribution in [0.15, 0.2) is 0 Å². The zero-order valence-electron chi connectivity index (χ0n) is 9.69. The minimum atomic E-state index is -0.211. The number of hydrogen-bond donors (Lipinski definition) is 0. The Morgan fingerprint density at radius 1 is 1.50 bits per heavy atom. The zero-order chi connectivity index (χ0) is 11.5. The lowest BCUT2D eigenvalue weighted by Gasteiger charge is -2.33. The van der Waals surface area contributed by atoms with Crippen LogP contribution in [0.5, 0.6) is 0 Å². The molecule has 0 radical (unpaired) electrons. The molecule has 2 saturated heterocycles. The number of ether oxygens (including phenoxy) is 1. The van der Waals surface area contributed by atoms with Gasteiger partial charge in [0.05, 0.1) is 24.7 Å². The van der Waals surface area contributed by atoms with E-state index in [1.54, 1.807) is 4.90 Å². The van der Waals surface area contributed by atoms with E-state index in [4.69, 9.17) is 10.00 Å². The Morgan fingerprint density at radius 3 is 2.94 bits per heavy atom. The smallest absolute Gasteiger partial charge is 0.229 e. The number of carbonyl (C=O) groups excluding carboxylic acids is 1. The maximum Gasteiger partial charge on any atom is 0.229 e. The van der Waals surface area contributed by atoms with Crippen LogP contribution in [0.3, 0.4) is 0 Å². The fourth-order valence-electron chi connectivity index (χ4n) is 2.55. The van der Waals surface area contributed by atoms with E-state index < -0.39 is 0 Å². The van der Waals surface area contributed by atoms with E-state index in [0.29, 0.717) is 6.61 Å². The third-order valence-corrected chi connectivity index (χ3v) is 3.48. The van der Waals surface area contributed by atoms with Gasteiger partial charge in [-0.05, 0) is 32.6 Å². The summed E-state index contributed by atoms with van der Waals surface area (Å²) in [5.74, 6) is 0.0968. The first-order valence-electron chi connectivity index (χ1n) is 6.04. The van der Waals surface area contributed by atoms with Gasteiger partial charge in [-0.3, -0.25) is 4.79 Å². The molecule has 16 heavy (non-hydrogen) atoms. The van der Waals surface area contributed by atoms with Crippen LogP contribution in [0, 0.1) is 17.2 Å². The molecule has 0 aromatic carbocycles. The summed E-state index contributed by atoms with van der Waals surface area (Å²) < 4.78 is 5.42. The lowest BCUT2D eigenvalue weighted by Crippen LogP contribution is -2.46. The number of rotatable bonds is 1. The van der Waals surface area contributed by atoms with Crippen molar-refractivity contribution >= 4 is 5.91 Å². The summed E-state index contributed by atoms with van der Waals surface area (Å²) in [4.78, 5) is 14.0. The second kappa shape index (κ2) is 4.84. The molecule has 2 fully saturated rings. The fourth-order valence-corrected chi connectivity index (χ4v) is 2.55. The molecule has 3 unspecified atom stereocenters. The van der Waals surface area contributed by atoms with E-state index in [0.717, 1.165) is 32.2 Å². The van der Waals surface area contributed by atoms with Crippen LogP contribution in [-0.2, 0) is 9.53 Å².